The van der Waals surface area contributed by atoms with Gasteiger partial charge in [0.2, 0.25) is 0 Å². The maximum Gasteiger partial charge on any atom is 0.144 e. The van der Waals surface area contributed by atoms with E-state index >= 15 is 0 Å². The molecule has 0 aliphatic carbocycles. The zero-order valence-electron chi connectivity index (χ0n) is 12.9. The number of alkyl halides is 1. The fourth-order valence-electron chi connectivity index (χ4n) is 1.50. The van der Waals surface area contributed by atoms with Crippen LogP contribution >= 0.6 is 0 Å². The molecule has 0 N–H and O–H groups in total. The molecule has 5 heteroatoms. The Hall–Kier alpha value is -1.07. The van der Waals surface area contributed by atoms with E-state index in [2.05, 4.69) is 4.40 Å². The molecule has 0 aromatic heterocycles. The Morgan fingerprint density at radius 3 is 2.62 bits per heavy atom. The third-order valence-corrected chi connectivity index (χ3v) is 4.08. The molecule has 0 amide bonds. The van der Waals surface area contributed by atoms with Gasteiger partial charge in [-0.1, -0.05) is 30.3 Å². The summed E-state index contributed by atoms with van der Waals surface area (Å²) in [5.41, 5.74) is 1.11. The van der Waals surface area contributed by atoms with E-state index in [0.29, 0.717) is 26.1 Å². The summed E-state index contributed by atoms with van der Waals surface area (Å²) < 4.78 is 34.0. The molecule has 118 valence electrons. The summed E-state index contributed by atoms with van der Waals surface area (Å²) >= 11 is 0. The predicted octanol–water partition coefficient (Wildman–Crippen LogP) is 3.85. The van der Waals surface area contributed by atoms with Crippen LogP contribution in [0.5, 0.6) is 0 Å². The van der Waals surface area contributed by atoms with Crippen molar-refractivity contribution in [2.24, 2.45) is 4.40 Å². The van der Waals surface area contributed by atoms with Gasteiger partial charge in [-0.05, 0) is 39.2 Å². The average molecular weight is 313 g/mol. The van der Waals surface area contributed by atoms with Crippen LogP contribution in [0.3, 0.4) is 0 Å². The second-order valence-corrected chi connectivity index (χ2v) is 7.75. The van der Waals surface area contributed by atoms with E-state index in [1.807, 2.05) is 51.1 Å². The van der Waals surface area contributed by atoms with Crippen molar-refractivity contribution in [3.05, 3.63) is 35.9 Å². The molecule has 1 unspecified atom stereocenters. The summed E-state index contributed by atoms with van der Waals surface area (Å²) in [4.78, 5) is 0. The summed E-state index contributed by atoms with van der Waals surface area (Å²) in [6, 6.07) is 9.86. The zero-order valence-corrected chi connectivity index (χ0v) is 13.7. The van der Waals surface area contributed by atoms with E-state index in [0.717, 1.165) is 11.8 Å². The molecule has 0 radical (unpaired) electrons. The number of halogens is 1. The van der Waals surface area contributed by atoms with Gasteiger partial charge in [0.1, 0.15) is 17.2 Å². The molecule has 0 aliphatic rings. The minimum absolute atomic E-state index is 0.333. The lowest BCUT2D eigenvalue weighted by atomic mass is 10.2. The van der Waals surface area contributed by atoms with Crippen LogP contribution in [-0.4, -0.2) is 27.9 Å². The molecule has 21 heavy (non-hydrogen) atoms. The van der Waals surface area contributed by atoms with Crippen LogP contribution in [0.25, 0.3) is 0 Å². The molecule has 0 fully saturated rings. The maximum absolute atomic E-state index is 13.6. The molecule has 0 heterocycles. The van der Waals surface area contributed by atoms with Crippen LogP contribution < -0.4 is 0 Å². The Morgan fingerprint density at radius 1 is 1.33 bits per heavy atom. The third-order valence-electron chi connectivity index (χ3n) is 2.72. The molecular formula is C16H24FNO2S. The van der Waals surface area contributed by atoms with Crippen LogP contribution in [0.2, 0.25) is 0 Å². The van der Waals surface area contributed by atoms with Crippen molar-refractivity contribution in [1.29, 1.82) is 0 Å². The molecular weight excluding hydrogens is 289 g/mol. The minimum Gasteiger partial charge on any atom is -0.377 e. The number of rotatable bonds is 8. The van der Waals surface area contributed by atoms with Gasteiger partial charge in [0.05, 0.1) is 11.4 Å². The second-order valence-electron chi connectivity index (χ2n) is 5.81. The highest BCUT2D eigenvalue weighted by atomic mass is 32.2. The number of hydrogen-bond donors (Lipinski definition) is 0. The van der Waals surface area contributed by atoms with Crippen molar-refractivity contribution in [3.8, 4) is 0 Å². The second kappa shape index (κ2) is 9.05. The van der Waals surface area contributed by atoms with E-state index in [4.69, 9.17) is 4.74 Å². The van der Waals surface area contributed by atoms with Crippen LogP contribution in [0.4, 0.5) is 4.39 Å². The van der Waals surface area contributed by atoms with Gasteiger partial charge in [-0.15, -0.1) is 0 Å². The zero-order chi connectivity index (χ0) is 15.7. The lowest BCUT2D eigenvalue weighted by Gasteiger charge is -2.13. The quantitative estimate of drug-likeness (QED) is 0.540. The Balaban J connectivity index is 2.15. The van der Waals surface area contributed by atoms with Crippen molar-refractivity contribution in [2.75, 3.05) is 6.61 Å². The van der Waals surface area contributed by atoms with Gasteiger partial charge in [0.25, 0.3) is 0 Å². The molecule has 1 rings (SSSR count). The van der Waals surface area contributed by atoms with Crippen molar-refractivity contribution in [2.45, 2.75) is 51.1 Å². The normalized spacial score (nSPS) is 15.2. The summed E-state index contributed by atoms with van der Waals surface area (Å²) in [6.45, 7) is 6.48. The Morgan fingerprint density at radius 2 is 2.00 bits per heavy atom. The Labute approximate surface area is 129 Å². The van der Waals surface area contributed by atoms with Gasteiger partial charge in [-0.25, -0.2) is 8.60 Å². The highest BCUT2D eigenvalue weighted by Gasteiger charge is 2.18. The number of hydrogen-bond acceptors (Lipinski definition) is 2. The largest absolute Gasteiger partial charge is 0.377 e. The Kier molecular flexibility index (Phi) is 7.75. The molecule has 0 saturated carbocycles. The summed E-state index contributed by atoms with van der Waals surface area (Å²) in [6.07, 6.45) is 0.928. The maximum atomic E-state index is 13.6. The molecule has 2 atom stereocenters. The number of benzene rings is 1. The lowest BCUT2D eigenvalue weighted by Crippen LogP contribution is -2.20. The Bertz CT molecular complexity index is 457. The van der Waals surface area contributed by atoms with E-state index in [-0.39, 0.29) is 0 Å². The van der Waals surface area contributed by atoms with E-state index < -0.39 is 21.9 Å². The van der Waals surface area contributed by atoms with E-state index in [1.54, 1.807) is 0 Å². The molecule has 1 aromatic rings. The lowest BCUT2D eigenvalue weighted by molar-refractivity contribution is 0.114. The molecule has 1 aromatic carbocycles. The number of ether oxygens (including phenoxy) is 1. The first-order valence-corrected chi connectivity index (χ1v) is 8.22. The van der Waals surface area contributed by atoms with Gasteiger partial charge in [0.15, 0.2) is 0 Å². The minimum atomic E-state index is -1.39. The molecule has 0 aliphatic heterocycles. The van der Waals surface area contributed by atoms with Crippen molar-refractivity contribution in [1.82, 2.24) is 0 Å². The summed E-state index contributed by atoms with van der Waals surface area (Å²) in [5.74, 6) is 0. The van der Waals surface area contributed by atoms with Crippen molar-refractivity contribution < 1.29 is 13.3 Å². The SMILES string of the molecule is CC(C)(C)S(=O)/N=C/[C@H](F)CCCOCc1ccccc1. The standard InChI is InChI=1S/C16H24FNO2S/c1-16(2,3)21(19)18-12-15(17)10-7-11-20-13-14-8-5-4-6-9-14/h4-6,8-9,12,15H,7,10-11,13H2,1-3H3/b18-12+/t15-,21?/m1/s1. The average Bonchev–Trinajstić information content (AvgIpc) is 2.44. The predicted molar refractivity (Wildman–Crippen MR) is 86.6 cm³/mol. The van der Waals surface area contributed by atoms with Gasteiger partial charge in [0, 0.05) is 12.8 Å². The molecule has 0 saturated heterocycles. The van der Waals surface area contributed by atoms with E-state index in [9.17, 15) is 8.60 Å². The van der Waals surface area contributed by atoms with Crippen LogP contribution in [0.1, 0.15) is 39.2 Å². The smallest absolute Gasteiger partial charge is 0.144 e. The highest BCUT2D eigenvalue weighted by Crippen LogP contribution is 2.12. The van der Waals surface area contributed by atoms with Gasteiger partial charge in [-0.3, -0.25) is 0 Å². The molecule has 0 spiro atoms. The third kappa shape index (κ3) is 8.07. The molecule has 0 bridgehead atoms. The van der Waals surface area contributed by atoms with Crippen molar-refractivity contribution >= 4 is 17.2 Å². The van der Waals surface area contributed by atoms with Crippen LogP contribution in [0, 0.1) is 0 Å². The van der Waals surface area contributed by atoms with Crippen molar-refractivity contribution in [3.63, 3.8) is 0 Å². The van der Waals surface area contributed by atoms with Crippen LogP contribution in [-0.2, 0) is 22.3 Å². The van der Waals surface area contributed by atoms with Crippen LogP contribution in [0.15, 0.2) is 34.7 Å². The topological polar surface area (TPSA) is 38.7 Å². The highest BCUT2D eigenvalue weighted by molar-refractivity contribution is 7.85. The fraction of sp³-hybridized carbons (Fsp3) is 0.562. The number of nitrogens with zero attached hydrogens (tertiary/aromatic N) is 1. The summed E-state index contributed by atoms with van der Waals surface area (Å²) in [5, 5.41) is 0. The summed E-state index contributed by atoms with van der Waals surface area (Å²) in [7, 11) is -1.39. The van der Waals surface area contributed by atoms with Gasteiger partial charge >= 0.3 is 0 Å². The fourth-order valence-corrected chi connectivity index (χ4v) is 2.06. The van der Waals surface area contributed by atoms with Gasteiger partial charge < -0.3 is 4.74 Å². The van der Waals surface area contributed by atoms with Gasteiger partial charge in [-0.2, -0.15) is 4.40 Å². The first-order valence-electron chi connectivity index (χ1n) is 7.11. The van der Waals surface area contributed by atoms with E-state index in [1.165, 1.54) is 0 Å². The molecule has 3 nitrogen and oxygen atoms in total. The first kappa shape index (κ1) is 18.0. The first-order chi connectivity index (χ1) is 9.89. The monoisotopic (exact) mass is 313 g/mol.